The fourth-order valence-electron chi connectivity index (χ4n) is 3.57. The largest absolute Gasteiger partial charge is 0.416 e. The first kappa shape index (κ1) is 21.5. The van der Waals surface area contributed by atoms with Gasteiger partial charge in [0.15, 0.2) is 0 Å². The van der Waals surface area contributed by atoms with Gasteiger partial charge in [-0.15, -0.1) is 5.06 Å². The Balaban J connectivity index is 1.42. The number of hydrogen-bond acceptors (Lipinski definition) is 5. The summed E-state index contributed by atoms with van der Waals surface area (Å²) < 4.78 is 65.4. The first-order valence-electron chi connectivity index (χ1n) is 9.41. The molecule has 164 valence electrons. The minimum Gasteiger partial charge on any atom is -0.266 e. The van der Waals surface area contributed by atoms with Crippen LogP contribution >= 0.6 is 0 Å². The molecule has 0 atom stereocenters. The van der Waals surface area contributed by atoms with Crippen LogP contribution in [0.4, 0.5) is 13.2 Å². The van der Waals surface area contributed by atoms with Crippen LogP contribution in [0.3, 0.4) is 0 Å². The average molecular weight is 454 g/mol. The smallest absolute Gasteiger partial charge is 0.266 e. The van der Waals surface area contributed by atoms with E-state index in [0.29, 0.717) is 11.1 Å². The van der Waals surface area contributed by atoms with E-state index in [2.05, 4.69) is 0 Å². The van der Waals surface area contributed by atoms with Gasteiger partial charge in [-0.25, -0.2) is 8.42 Å². The third-order valence-electron chi connectivity index (χ3n) is 5.21. The molecule has 1 fully saturated rings. The minimum atomic E-state index is -4.65. The lowest BCUT2D eigenvalue weighted by Gasteiger charge is -2.32. The Bertz CT molecular complexity index is 1110. The summed E-state index contributed by atoms with van der Waals surface area (Å²) in [6.07, 6.45) is -4.90. The Morgan fingerprint density at radius 3 is 2.03 bits per heavy atom. The third kappa shape index (κ3) is 3.95. The van der Waals surface area contributed by atoms with Gasteiger partial charge in [-0.3, -0.25) is 14.4 Å². The van der Waals surface area contributed by atoms with Gasteiger partial charge in [-0.1, -0.05) is 18.2 Å². The number of rotatable bonds is 4. The number of carbonyl (C=O) groups excluding carboxylic acids is 2. The van der Waals surface area contributed by atoms with Gasteiger partial charge in [-0.2, -0.15) is 17.5 Å². The lowest BCUT2D eigenvalue weighted by Crippen LogP contribution is -2.44. The molecular formula is C20H17F3N2O5S. The van der Waals surface area contributed by atoms with Gasteiger partial charge in [0, 0.05) is 13.1 Å². The van der Waals surface area contributed by atoms with Crippen molar-refractivity contribution in [3.8, 4) is 0 Å². The number of imide groups is 1. The molecule has 7 nitrogen and oxygen atoms in total. The van der Waals surface area contributed by atoms with Crippen LogP contribution < -0.4 is 0 Å². The van der Waals surface area contributed by atoms with Crippen LogP contribution in [0, 0.1) is 0 Å². The van der Waals surface area contributed by atoms with E-state index in [1.54, 1.807) is 12.1 Å². The first-order valence-corrected chi connectivity index (χ1v) is 10.8. The number of alkyl halides is 3. The highest BCUT2D eigenvalue weighted by molar-refractivity contribution is 7.89. The van der Waals surface area contributed by atoms with Crippen LogP contribution in [0.25, 0.3) is 0 Å². The van der Waals surface area contributed by atoms with Crippen molar-refractivity contribution >= 4 is 21.8 Å². The Labute approximate surface area is 176 Å². The molecule has 2 aromatic rings. The molecule has 0 N–H and O–H groups in total. The third-order valence-corrected chi connectivity index (χ3v) is 7.11. The van der Waals surface area contributed by atoms with E-state index in [1.807, 2.05) is 0 Å². The summed E-state index contributed by atoms with van der Waals surface area (Å²) >= 11 is 0. The quantitative estimate of drug-likeness (QED) is 0.663. The molecule has 0 unspecified atom stereocenters. The van der Waals surface area contributed by atoms with Crippen molar-refractivity contribution in [3.63, 3.8) is 0 Å². The second-order valence-corrected chi connectivity index (χ2v) is 9.12. The van der Waals surface area contributed by atoms with E-state index in [-0.39, 0.29) is 37.1 Å². The van der Waals surface area contributed by atoms with E-state index in [1.165, 1.54) is 12.1 Å². The maximum Gasteiger partial charge on any atom is 0.416 e. The summed E-state index contributed by atoms with van der Waals surface area (Å²) in [6.45, 7) is -0.0428. The van der Waals surface area contributed by atoms with Crippen LogP contribution in [0.15, 0.2) is 53.4 Å². The number of hydroxylamine groups is 2. The van der Waals surface area contributed by atoms with Crippen molar-refractivity contribution in [1.82, 2.24) is 9.37 Å². The van der Waals surface area contributed by atoms with Gasteiger partial charge in [-0.05, 0) is 43.2 Å². The summed E-state index contributed by atoms with van der Waals surface area (Å²) in [5.74, 6) is -1.17. The number of piperidine rings is 1. The van der Waals surface area contributed by atoms with Crippen molar-refractivity contribution in [2.24, 2.45) is 0 Å². The second kappa shape index (κ2) is 7.74. The molecule has 2 aliphatic heterocycles. The molecule has 11 heteroatoms. The summed E-state index contributed by atoms with van der Waals surface area (Å²) in [6, 6.07) is 9.87. The van der Waals surface area contributed by atoms with E-state index >= 15 is 0 Å². The molecule has 31 heavy (non-hydrogen) atoms. The average Bonchev–Trinajstić information content (AvgIpc) is 2.99. The van der Waals surface area contributed by atoms with Gasteiger partial charge in [0.05, 0.1) is 27.7 Å². The molecule has 2 aromatic carbocycles. The van der Waals surface area contributed by atoms with Crippen molar-refractivity contribution in [1.29, 1.82) is 0 Å². The molecule has 0 aliphatic carbocycles. The fraction of sp³-hybridized carbons (Fsp3) is 0.300. The zero-order chi connectivity index (χ0) is 22.4. The number of amides is 2. The molecular weight excluding hydrogens is 437 g/mol. The normalized spacial score (nSPS) is 18.5. The molecule has 0 bridgehead atoms. The van der Waals surface area contributed by atoms with Gasteiger partial charge >= 0.3 is 6.18 Å². The van der Waals surface area contributed by atoms with Gasteiger partial charge in [0.2, 0.25) is 10.0 Å². The van der Waals surface area contributed by atoms with Crippen LogP contribution in [-0.2, 0) is 21.0 Å². The zero-order valence-corrected chi connectivity index (χ0v) is 16.8. The monoisotopic (exact) mass is 454 g/mol. The van der Waals surface area contributed by atoms with Crippen LogP contribution in [0.1, 0.15) is 39.1 Å². The first-order chi connectivity index (χ1) is 14.6. The predicted octanol–water partition coefficient (Wildman–Crippen LogP) is 3.09. The molecule has 2 heterocycles. The highest BCUT2D eigenvalue weighted by Gasteiger charge is 2.40. The molecule has 0 aromatic heterocycles. The van der Waals surface area contributed by atoms with Crippen LogP contribution in [-0.4, -0.2) is 48.8 Å². The van der Waals surface area contributed by atoms with E-state index < -0.39 is 44.6 Å². The van der Waals surface area contributed by atoms with E-state index in [0.717, 1.165) is 22.5 Å². The van der Waals surface area contributed by atoms with Gasteiger partial charge in [0.25, 0.3) is 11.8 Å². The standard InChI is InChI=1S/C20H17F3N2O5S/c21-20(22,23)13-4-3-5-15(12-13)31(28,29)24-10-8-14(9-11-24)30-25-18(26)16-6-1-2-7-17(16)19(25)27/h1-7,12,14H,8-11H2. The van der Waals surface area contributed by atoms with Crippen molar-refractivity contribution < 1.29 is 36.0 Å². The molecule has 1 saturated heterocycles. The summed E-state index contributed by atoms with van der Waals surface area (Å²) in [7, 11) is -4.13. The molecule has 0 radical (unpaired) electrons. The second-order valence-electron chi connectivity index (χ2n) is 7.18. The topological polar surface area (TPSA) is 84.0 Å². The molecule has 2 aliphatic rings. The lowest BCUT2D eigenvalue weighted by molar-refractivity contribution is -0.142. The van der Waals surface area contributed by atoms with Crippen molar-refractivity contribution in [2.45, 2.75) is 30.0 Å². The number of benzene rings is 2. The van der Waals surface area contributed by atoms with E-state index in [4.69, 9.17) is 4.84 Å². The number of carbonyl (C=O) groups is 2. The summed E-state index contributed by atoms with van der Waals surface area (Å²) in [5.41, 5.74) is -0.577. The lowest BCUT2D eigenvalue weighted by atomic mass is 10.1. The van der Waals surface area contributed by atoms with Crippen molar-refractivity contribution in [3.05, 3.63) is 65.2 Å². The Morgan fingerprint density at radius 1 is 0.903 bits per heavy atom. The van der Waals surface area contributed by atoms with Crippen molar-refractivity contribution in [2.75, 3.05) is 13.1 Å². The molecule has 0 spiro atoms. The summed E-state index contributed by atoms with van der Waals surface area (Å²) in [5, 5.41) is 0.687. The molecule has 0 saturated carbocycles. The zero-order valence-electron chi connectivity index (χ0n) is 16.0. The highest BCUT2D eigenvalue weighted by Crippen LogP contribution is 2.32. The summed E-state index contributed by atoms with van der Waals surface area (Å²) in [4.78, 5) is 29.9. The van der Waals surface area contributed by atoms with E-state index in [9.17, 15) is 31.2 Å². The number of nitrogens with zero attached hydrogens (tertiary/aromatic N) is 2. The number of hydrogen-bond donors (Lipinski definition) is 0. The SMILES string of the molecule is O=C1c2ccccc2C(=O)N1OC1CCN(S(=O)(=O)c2cccc(C(F)(F)F)c2)CC1. The molecule has 2 amide bonds. The highest BCUT2D eigenvalue weighted by atomic mass is 32.2. The predicted molar refractivity (Wildman–Crippen MR) is 101 cm³/mol. The van der Waals surface area contributed by atoms with Gasteiger partial charge in [0.1, 0.15) is 0 Å². The Hall–Kier alpha value is -2.76. The minimum absolute atomic E-state index is 0.0214. The maximum absolute atomic E-state index is 12.9. The maximum atomic E-state index is 12.9. The number of sulfonamides is 1. The van der Waals surface area contributed by atoms with Crippen LogP contribution in [0.2, 0.25) is 0 Å². The fourth-order valence-corrected chi connectivity index (χ4v) is 5.09. The van der Waals surface area contributed by atoms with Gasteiger partial charge < -0.3 is 0 Å². The Kier molecular flexibility index (Phi) is 5.36. The number of halogens is 3. The number of fused-ring (bicyclic) bond motifs is 1. The van der Waals surface area contributed by atoms with Crippen LogP contribution in [0.5, 0.6) is 0 Å². The molecule has 4 rings (SSSR count). The Morgan fingerprint density at radius 2 is 1.48 bits per heavy atom.